The molecule has 1 atom stereocenters. The summed E-state index contributed by atoms with van der Waals surface area (Å²) in [6, 6.07) is 29.2. The maximum Gasteiger partial charge on any atom is 0.227 e. The zero-order valence-corrected chi connectivity index (χ0v) is 18.4. The average Bonchev–Trinajstić information content (AvgIpc) is 2.81. The van der Waals surface area contributed by atoms with Crippen molar-refractivity contribution in [1.29, 1.82) is 0 Å². The molecule has 1 amide bonds. The van der Waals surface area contributed by atoms with E-state index in [1.54, 1.807) is 0 Å². The number of rotatable bonds is 7. The first-order valence-electron chi connectivity index (χ1n) is 11.3. The van der Waals surface area contributed by atoms with E-state index in [1.165, 1.54) is 22.3 Å². The quantitative estimate of drug-likeness (QED) is 0.516. The minimum Gasteiger partial charge on any atom is -0.334 e. The summed E-state index contributed by atoms with van der Waals surface area (Å²) < 4.78 is 0. The fourth-order valence-electron chi connectivity index (χ4n) is 4.51. The average molecular weight is 413 g/mol. The normalized spacial score (nSPS) is 16.7. The molecule has 0 aliphatic carbocycles. The van der Waals surface area contributed by atoms with E-state index < -0.39 is 0 Å². The summed E-state index contributed by atoms with van der Waals surface area (Å²) in [5.74, 6) is 0.340. The molecular formula is C28H32N2O. The summed E-state index contributed by atoms with van der Waals surface area (Å²) in [7, 11) is 0. The maximum absolute atomic E-state index is 13.7. The minimum absolute atomic E-state index is 0.0604. The summed E-state index contributed by atoms with van der Waals surface area (Å²) >= 11 is 0. The van der Waals surface area contributed by atoms with Gasteiger partial charge in [0, 0.05) is 26.2 Å². The molecule has 1 heterocycles. The van der Waals surface area contributed by atoms with Gasteiger partial charge in [-0.1, -0.05) is 84.9 Å². The molecule has 0 saturated carbocycles. The van der Waals surface area contributed by atoms with Crippen LogP contribution in [-0.4, -0.2) is 28.8 Å². The number of hydrogen-bond acceptors (Lipinski definition) is 2. The van der Waals surface area contributed by atoms with Gasteiger partial charge in [0.05, 0.1) is 5.92 Å². The van der Waals surface area contributed by atoms with Crippen molar-refractivity contribution >= 4 is 5.91 Å². The number of benzene rings is 3. The highest BCUT2D eigenvalue weighted by atomic mass is 16.2. The highest BCUT2D eigenvalue weighted by molar-refractivity contribution is 5.79. The fraction of sp³-hybridized carbons (Fsp3) is 0.321. The van der Waals surface area contributed by atoms with Crippen molar-refractivity contribution in [2.24, 2.45) is 5.92 Å². The van der Waals surface area contributed by atoms with Gasteiger partial charge >= 0.3 is 0 Å². The van der Waals surface area contributed by atoms with Gasteiger partial charge in [-0.2, -0.15) is 0 Å². The van der Waals surface area contributed by atoms with Gasteiger partial charge in [0.1, 0.15) is 0 Å². The van der Waals surface area contributed by atoms with Gasteiger partial charge in [-0.05, 0) is 48.6 Å². The van der Waals surface area contributed by atoms with Crippen LogP contribution >= 0.6 is 0 Å². The van der Waals surface area contributed by atoms with Crippen LogP contribution < -0.4 is 0 Å². The van der Waals surface area contributed by atoms with Gasteiger partial charge < -0.3 is 4.90 Å². The highest BCUT2D eigenvalue weighted by Crippen LogP contribution is 2.23. The van der Waals surface area contributed by atoms with Crippen LogP contribution in [0.15, 0.2) is 84.9 Å². The van der Waals surface area contributed by atoms with Crippen molar-refractivity contribution in [1.82, 2.24) is 9.80 Å². The predicted molar refractivity (Wildman–Crippen MR) is 126 cm³/mol. The molecule has 1 fully saturated rings. The van der Waals surface area contributed by atoms with Crippen molar-refractivity contribution in [2.45, 2.75) is 39.4 Å². The second kappa shape index (κ2) is 10.4. The summed E-state index contributed by atoms with van der Waals surface area (Å²) in [4.78, 5) is 18.2. The molecule has 3 aromatic rings. The topological polar surface area (TPSA) is 23.6 Å². The van der Waals surface area contributed by atoms with E-state index in [0.717, 1.165) is 32.5 Å². The number of nitrogens with zero attached hydrogens (tertiary/aromatic N) is 2. The van der Waals surface area contributed by atoms with Crippen LogP contribution in [0.3, 0.4) is 0 Å². The summed E-state index contributed by atoms with van der Waals surface area (Å²) in [5, 5.41) is 0. The van der Waals surface area contributed by atoms with Crippen LogP contribution in [0.5, 0.6) is 0 Å². The largest absolute Gasteiger partial charge is 0.334 e. The number of carbonyl (C=O) groups excluding carboxylic acids is 1. The number of aryl methyl sites for hydroxylation is 1. The smallest absolute Gasteiger partial charge is 0.227 e. The molecule has 0 N–H and O–H groups in total. The van der Waals surface area contributed by atoms with Crippen LogP contribution in [0, 0.1) is 12.8 Å². The molecule has 1 saturated heterocycles. The van der Waals surface area contributed by atoms with Gasteiger partial charge in [-0.3, -0.25) is 9.69 Å². The number of hydrogen-bond donors (Lipinski definition) is 0. The van der Waals surface area contributed by atoms with Crippen molar-refractivity contribution in [3.8, 4) is 0 Å². The third-order valence-corrected chi connectivity index (χ3v) is 6.25. The molecule has 3 heteroatoms. The molecule has 31 heavy (non-hydrogen) atoms. The summed E-state index contributed by atoms with van der Waals surface area (Å²) in [5.41, 5.74) is 5.05. The maximum atomic E-state index is 13.7. The number of carbonyl (C=O) groups is 1. The van der Waals surface area contributed by atoms with Crippen molar-refractivity contribution in [2.75, 3.05) is 13.1 Å². The Morgan fingerprint density at radius 3 is 2.06 bits per heavy atom. The van der Waals surface area contributed by atoms with Crippen LogP contribution in [0.1, 0.15) is 35.1 Å². The van der Waals surface area contributed by atoms with E-state index in [0.29, 0.717) is 13.1 Å². The number of piperidine rings is 1. The van der Waals surface area contributed by atoms with Crippen LogP contribution in [0.2, 0.25) is 0 Å². The van der Waals surface area contributed by atoms with Crippen molar-refractivity contribution in [3.63, 3.8) is 0 Å². The molecule has 4 rings (SSSR count). The molecule has 0 aromatic heterocycles. The highest BCUT2D eigenvalue weighted by Gasteiger charge is 2.29. The molecular weight excluding hydrogens is 380 g/mol. The first kappa shape index (κ1) is 21.3. The lowest BCUT2D eigenvalue weighted by Gasteiger charge is -2.35. The van der Waals surface area contributed by atoms with Crippen LogP contribution in [0.25, 0.3) is 0 Å². The molecule has 1 aliphatic rings. The Bertz CT molecular complexity index is 929. The van der Waals surface area contributed by atoms with E-state index >= 15 is 0 Å². The third kappa shape index (κ3) is 5.83. The lowest BCUT2D eigenvalue weighted by molar-refractivity contribution is -0.138. The Balaban J connectivity index is 1.47. The van der Waals surface area contributed by atoms with E-state index in [9.17, 15) is 4.79 Å². The number of amides is 1. The van der Waals surface area contributed by atoms with Crippen molar-refractivity contribution in [3.05, 3.63) is 107 Å². The molecule has 160 valence electrons. The molecule has 1 aliphatic heterocycles. The SMILES string of the molecule is Cc1ccccc1CN1CCCC(C(=O)N(Cc2ccccc2)Cc2ccccc2)C1. The second-order valence-corrected chi connectivity index (χ2v) is 8.67. The van der Waals surface area contributed by atoms with E-state index in [4.69, 9.17) is 0 Å². The van der Waals surface area contributed by atoms with Gasteiger partial charge in [0.15, 0.2) is 0 Å². The molecule has 3 nitrogen and oxygen atoms in total. The monoisotopic (exact) mass is 412 g/mol. The number of likely N-dealkylation sites (tertiary alicyclic amines) is 1. The molecule has 3 aromatic carbocycles. The zero-order valence-electron chi connectivity index (χ0n) is 18.4. The van der Waals surface area contributed by atoms with Gasteiger partial charge in [0.25, 0.3) is 0 Å². The molecule has 0 spiro atoms. The Morgan fingerprint density at radius 1 is 0.871 bits per heavy atom. The predicted octanol–water partition coefficient (Wildman–Crippen LogP) is 5.44. The molecule has 1 unspecified atom stereocenters. The first-order chi connectivity index (χ1) is 15.2. The first-order valence-corrected chi connectivity index (χ1v) is 11.3. The van der Waals surface area contributed by atoms with E-state index in [2.05, 4.69) is 60.4 Å². The van der Waals surface area contributed by atoms with Crippen LogP contribution in [-0.2, 0) is 24.4 Å². The summed E-state index contributed by atoms with van der Waals surface area (Å²) in [6.07, 6.45) is 2.05. The van der Waals surface area contributed by atoms with E-state index in [-0.39, 0.29) is 11.8 Å². The summed E-state index contributed by atoms with van der Waals surface area (Å²) in [6.45, 7) is 6.31. The van der Waals surface area contributed by atoms with Gasteiger partial charge in [-0.15, -0.1) is 0 Å². The lowest BCUT2D eigenvalue weighted by Crippen LogP contribution is -2.44. The Labute approximate surface area is 186 Å². The Hall–Kier alpha value is -2.91. The van der Waals surface area contributed by atoms with E-state index in [1.807, 2.05) is 41.3 Å². The molecule has 0 bridgehead atoms. The second-order valence-electron chi connectivity index (χ2n) is 8.67. The fourth-order valence-corrected chi connectivity index (χ4v) is 4.51. The molecule has 0 radical (unpaired) electrons. The Morgan fingerprint density at radius 2 is 1.45 bits per heavy atom. The van der Waals surface area contributed by atoms with Crippen molar-refractivity contribution < 1.29 is 4.79 Å². The lowest BCUT2D eigenvalue weighted by atomic mass is 9.95. The van der Waals surface area contributed by atoms with Gasteiger partial charge in [-0.25, -0.2) is 0 Å². The third-order valence-electron chi connectivity index (χ3n) is 6.25. The van der Waals surface area contributed by atoms with Gasteiger partial charge in [0.2, 0.25) is 5.91 Å². The van der Waals surface area contributed by atoms with Crippen LogP contribution in [0.4, 0.5) is 0 Å². The minimum atomic E-state index is 0.0604. The Kier molecular flexibility index (Phi) is 7.16. The zero-order chi connectivity index (χ0) is 21.5. The standard InChI is InChI=1S/C28H32N2O/c1-23-11-8-9-16-26(23)21-29-18-10-17-27(22-29)28(31)30(19-24-12-4-2-5-13-24)20-25-14-6-3-7-15-25/h2-9,11-16,27H,10,17-22H2,1H3.